The maximum absolute atomic E-state index is 10.8. The van der Waals surface area contributed by atoms with E-state index in [4.69, 9.17) is 5.11 Å². The van der Waals surface area contributed by atoms with Crippen molar-refractivity contribution in [2.45, 2.75) is 6.54 Å². The number of pyridine rings is 1. The van der Waals surface area contributed by atoms with Gasteiger partial charge in [-0.05, 0) is 29.8 Å². The van der Waals surface area contributed by atoms with Crippen LogP contribution in [0.4, 0.5) is 11.8 Å². The fourth-order valence-corrected chi connectivity index (χ4v) is 2.50. The third-order valence-electron chi connectivity index (χ3n) is 3.49. The molecule has 1 aromatic carbocycles. The predicted octanol–water partition coefficient (Wildman–Crippen LogP) is 3.41. The van der Waals surface area contributed by atoms with Crippen molar-refractivity contribution in [3.8, 4) is 11.3 Å². The second kappa shape index (κ2) is 8.39. The lowest BCUT2D eigenvalue weighted by Crippen LogP contribution is -2.15. The third kappa shape index (κ3) is 5.00. The minimum absolute atomic E-state index is 0.250. The Morgan fingerprint density at radius 2 is 1.77 bits per heavy atom. The molecule has 0 spiro atoms. The van der Waals surface area contributed by atoms with Gasteiger partial charge in [-0.3, -0.25) is 9.78 Å². The first-order valence-corrected chi connectivity index (χ1v) is 8.63. The molecule has 0 radical (unpaired) electrons. The number of rotatable bonds is 7. The van der Waals surface area contributed by atoms with Crippen LogP contribution in [0, 0.1) is 0 Å². The smallest absolute Gasteiger partial charge is 0.322 e. The molecule has 0 unspecified atom stereocenters. The molecular formula is C18H16BrN5O2. The molecule has 8 heteroatoms. The van der Waals surface area contributed by atoms with Gasteiger partial charge in [-0.15, -0.1) is 0 Å². The van der Waals surface area contributed by atoms with Crippen molar-refractivity contribution in [1.82, 2.24) is 15.0 Å². The maximum Gasteiger partial charge on any atom is 0.322 e. The zero-order valence-electron chi connectivity index (χ0n) is 13.7. The van der Waals surface area contributed by atoms with Gasteiger partial charge in [-0.1, -0.05) is 28.1 Å². The average molecular weight is 414 g/mol. The predicted molar refractivity (Wildman–Crippen MR) is 103 cm³/mol. The Labute approximate surface area is 158 Å². The molecule has 0 aliphatic carbocycles. The first-order valence-electron chi connectivity index (χ1n) is 7.83. The summed E-state index contributed by atoms with van der Waals surface area (Å²) < 4.78 is 1.02. The Hall–Kier alpha value is -3.00. The molecule has 0 saturated heterocycles. The molecule has 3 aromatic rings. The van der Waals surface area contributed by atoms with E-state index in [1.807, 2.05) is 42.5 Å². The van der Waals surface area contributed by atoms with E-state index in [0.717, 1.165) is 15.6 Å². The molecule has 0 atom stereocenters. The van der Waals surface area contributed by atoms with Gasteiger partial charge in [0, 0.05) is 35.0 Å². The summed E-state index contributed by atoms with van der Waals surface area (Å²) in [5.41, 5.74) is 2.64. The number of halogens is 1. The van der Waals surface area contributed by atoms with E-state index < -0.39 is 5.97 Å². The van der Waals surface area contributed by atoms with Crippen LogP contribution in [-0.2, 0) is 11.3 Å². The molecule has 0 fully saturated rings. The van der Waals surface area contributed by atoms with Crippen LogP contribution in [0.2, 0.25) is 0 Å². The summed E-state index contributed by atoms with van der Waals surface area (Å²) >= 11 is 3.41. The minimum Gasteiger partial charge on any atom is -0.480 e. The minimum atomic E-state index is -0.979. The van der Waals surface area contributed by atoms with Crippen LogP contribution in [0.25, 0.3) is 11.3 Å². The SMILES string of the molecule is O=C(O)CNc1nc(NCc2ccc(Br)cc2)cc(-c2ccncc2)n1. The average Bonchev–Trinajstić information content (AvgIpc) is 2.66. The van der Waals surface area contributed by atoms with E-state index in [9.17, 15) is 4.79 Å². The maximum atomic E-state index is 10.8. The number of benzene rings is 1. The number of aromatic nitrogens is 3. The van der Waals surface area contributed by atoms with Gasteiger partial charge >= 0.3 is 5.97 Å². The highest BCUT2D eigenvalue weighted by Crippen LogP contribution is 2.21. The van der Waals surface area contributed by atoms with Crippen LogP contribution in [0.1, 0.15) is 5.56 Å². The second-order valence-electron chi connectivity index (χ2n) is 5.43. The molecule has 0 aliphatic heterocycles. The molecular weight excluding hydrogens is 398 g/mol. The Morgan fingerprint density at radius 3 is 2.46 bits per heavy atom. The van der Waals surface area contributed by atoms with E-state index in [0.29, 0.717) is 18.1 Å². The van der Waals surface area contributed by atoms with Gasteiger partial charge in [0.05, 0.1) is 5.69 Å². The van der Waals surface area contributed by atoms with Gasteiger partial charge in [-0.2, -0.15) is 4.98 Å². The van der Waals surface area contributed by atoms with Crippen LogP contribution in [-0.4, -0.2) is 32.6 Å². The standard InChI is InChI=1S/C18H16BrN5O2/c19-14-3-1-12(2-4-14)10-21-16-9-15(13-5-7-20-8-6-13)23-18(24-16)22-11-17(25)26/h1-9H,10-11H2,(H,25,26)(H2,21,22,23,24). The number of carbonyl (C=O) groups is 1. The first-order chi connectivity index (χ1) is 12.6. The van der Waals surface area contributed by atoms with Crippen molar-refractivity contribution in [3.05, 3.63) is 64.9 Å². The van der Waals surface area contributed by atoms with Gasteiger partial charge in [-0.25, -0.2) is 4.98 Å². The van der Waals surface area contributed by atoms with Crippen molar-refractivity contribution in [2.24, 2.45) is 0 Å². The summed E-state index contributed by atoms with van der Waals surface area (Å²) in [7, 11) is 0. The van der Waals surface area contributed by atoms with Gasteiger partial charge in [0.2, 0.25) is 5.95 Å². The molecule has 2 aromatic heterocycles. The Bertz CT molecular complexity index is 888. The Balaban J connectivity index is 1.83. The van der Waals surface area contributed by atoms with Gasteiger partial charge in [0.25, 0.3) is 0 Å². The van der Waals surface area contributed by atoms with Crippen LogP contribution in [0.5, 0.6) is 0 Å². The quantitative estimate of drug-likeness (QED) is 0.545. The monoisotopic (exact) mass is 413 g/mol. The molecule has 0 saturated carbocycles. The summed E-state index contributed by atoms with van der Waals surface area (Å²) in [5, 5.41) is 14.8. The van der Waals surface area contributed by atoms with E-state index in [2.05, 4.69) is 41.5 Å². The van der Waals surface area contributed by atoms with Crippen molar-refractivity contribution in [3.63, 3.8) is 0 Å². The zero-order chi connectivity index (χ0) is 18.4. The molecule has 0 bridgehead atoms. The fourth-order valence-electron chi connectivity index (χ4n) is 2.24. The van der Waals surface area contributed by atoms with Crippen LogP contribution >= 0.6 is 15.9 Å². The number of aliphatic carboxylic acids is 1. The van der Waals surface area contributed by atoms with Gasteiger partial charge < -0.3 is 15.7 Å². The number of hydrogen-bond acceptors (Lipinski definition) is 6. The fraction of sp³-hybridized carbons (Fsp3) is 0.111. The molecule has 2 heterocycles. The highest BCUT2D eigenvalue weighted by Gasteiger charge is 2.08. The molecule has 7 nitrogen and oxygen atoms in total. The number of hydrogen-bond donors (Lipinski definition) is 3. The number of anilines is 2. The lowest BCUT2D eigenvalue weighted by molar-refractivity contribution is -0.134. The number of nitrogens with zero attached hydrogens (tertiary/aromatic N) is 3. The Morgan fingerprint density at radius 1 is 1.04 bits per heavy atom. The first kappa shape index (κ1) is 17.8. The number of carboxylic acid groups (broad SMARTS) is 1. The highest BCUT2D eigenvalue weighted by molar-refractivity contribution is 9.10. The van der Waals surface area contributed by atoms with E-state index in [-0.39, 0.29) is 12.5 Å². The topological polar surface area (TPSA) is 100 Å². The molecule has 0 amide bonds. The largest absolute Gasteiger partial charge is 0.480 e. The number of nitrogens with one attached hydrogen (secondary N) is 2. The summed E-state index contributed by atoms with van der Waals surface area (Å²) in [6, 6.07) is 13.4. The molecule has 132 valence electrons. The summed E-state index contributed by atoms with van der Waals surface area (Å²) in [6.45, 7) is 0.324. The summed E-state index contributed by atoms with van der Waals surface area (Å²) in [6.07, 6.45) is 3.35. The number of carboxylic acids is 1. The van der Waals surface area contributed by atoms with Crippen LogP contribution < -0.4 is 10.6 Å². The highest BCUT2D eigenvalue weighted by atomic mass is 79.9. The molecule has 3 N–H and O–H groups in total. The van der Waals surface area contributed by atoms with Gasteiger partial charge in [0.15, 0.2) is 0 Å². The van der Waals surface area contributed by atoms with Crippen molar-refractivity contribution in [1.29, 1.82) is 0 Å². The zero-order valence-corrected chi connectivity index (χ0v) is 15.3. The van der Waals surface area contributed by atoms with Crippen molar-refractivity contribution in [2.75, 3.05) is 17.2 Å². The lowest BCUT2D eigenvalue weighted by Gasteiger charge is -2.11. The van der Waals surface area contributed by atoms with E-state index in [1.165, 1.54) is 0 Å². The van der Waals surface area contributed by atoms with E-state index >= 15 is 0 Å². The van der Waals surface area contributed by atoms with Crippen LogP contribution in [0.15, 0.2) is 59.3 Å². The third-order valence-corrected chi connectivity index (χ3v) is 4.02. The molecule has 26 heavy (non-hydrogen) atoms. The Kier molecular flexibility index (Phi) is 5.75. The lowest BCUT2D eigenvalue weighted by atomic mass is 10.2. The molecule has 0 aliphatic rings. The summed E-state index contributed by atoms with van der Waals surface area (Å²) in [5.74, 6) is -0.130. The van der Waals surface area contributed by atoms with Crippen molar-refractivity contribution >= 4 is 33.7 Å². The van der Waals surface area contributed by atoms with Gasteiger partial charge in [0.1, 0.15) is 12.4 Å². The summed E-state index contributed by atoms with van der Waals surface area (Å²) in [4.78, 5) is 23.5. The normalized spacial score (nSPS) is 10.3. The van der Waals surface area contributed by atoms with E-state index in [1.54, 1.807) is 12.4 Å². The van der Waals surface area contributed by atoms with Crippen LogP contribution in [0.3, 0.4) is 0 Å². The second-order valence-corrected chi connectivity index (χ2v) is 6.34. The van der Waals surface area contributed by atoms with Crippen molar-refractivity contribution < 1.29 is 9.90 Å². The molecule has 3 rings (SSSR count).